The molecule has 2 N–H and O–H groups in total. The zero-order valence-electron chi connectivity index (χ0n) is 28.2. The number of thioether (sulfide) groups is 1. The quantitative estimate of drug-likeness (QED) is 0.0735. The maximum atomic E-state index is 11.3. The molecule has 0 saturated heterocycles. The van der Waals surface area contributed by atoms with Gasteiger partial charge in [0.25, 0.3) is 25.2 Å². The highest BCUT2D eigenvalue weighted by atomic mass is 35.5. The van der Waals surface area contributed by atoms with Gasteiger partial charge in [-0.25, -0.2) is 0 Å². The van der Waals surface area contributed by atoms with Gasteiger partial charge in [-0.3, -0.25) is 9.11 Å². The first-order chi connectivity index (χ1) is 24.8. The van der Waals surface area contributed by atoms with Crippen molar-refractivity contribution in [1.29, 1.82) is 0 Å². The molecule has 1 aliphatic carbocycles. The largest absolute Gasteiger partial charge is 0.335 e. The molecule has 1 aromatic heterocycles. The van der Waals surface area contributed by atoms with Crippen molar-refractivity contribution in [3.05, 3.63) is 122 Å². The Balaban J connectivity index is 1.34. The molecular weight excluding hydrogens is 780 g/mol. The van der Waals surface area contributed by atoms with Crippen LogP contribution in [0.4, 0.5) is 5.69 Å². The molecule has 14 heteroatoms. The maximum Gasteiger partial charge on any atom is 0.264 e. The van der Waals surface area contributed by atoms with Crippen molar-refractivity contribution in [2.45, 2.75) is 56.4 Å². The number of benzene rings is 3. The third kappa shape index (κ3) is 10.2. The summed E-state index contributed by atoms with van der Waals surface area (Å²) in [6.45, 7) is 1.16. The van der Waals surface area contributed by atoms with E-state index in [1.165, 1.54) is 16.7 Å². The first kappa shape index (κ1) is 38.8. The van der Waals surface area contributed by atoms with Gasteiger partial charge >= 0.3 is 0 Å². The van der Waals surface area contributed by atoms with Gasteiger partial charge in [0.2, 0.25) is 5.52 Å². The van der Waals surface area contributed by atoms with Crippen LogP contribution in [0, 0.1) is 0 Å². The van der Waals surface area contributed by atoms with Gasteiger partial charge in [0.15, 0.2) is 6.54 Å². The summed E-state index contributed by atoms with van der Waals surface area (Å²) in [5.41, 5.74) is 6.71. The van der Waals surface area contributed by atoms with Crippen LogP contribution < -0.4 is 9.47 Å². The summed E-state index contributed by atoms with van der Waals surface area (Å²) < 4.78 is 67.0. The number of halogens is 2. The topological polar surface area (TPSA) is 116 Å². The lowest BCUT2D eigenvalue weighted by atomic mass is 9.83. The molecule has 52 heavy (non-hydrogen) atoms. The molecule has 0 unspecified atom stereocenters. The summed E-state index contributed by atoms with van der Waals surface area (Å²) in [6.07, 6.45) is 13.3. The van der Waals surface area contributed by atoms with Crippen LogP contribution in [-0.2, 0) is 26.8 Å². The fraction of sp³-hybridized carbons (Fsp3) is 0.289. The number of rotatable bonds is 14. The molecular formula is C38H39Cl2N2O6S4+. The number of hydrogen-bond donors (Lipinski definition) is 2. The van der Waals surface area contributed by atoms with Crippen molar-refractivity contribution in [2.24, 2.45) is 0 Å². The molecule has 2 heterocycles. The highest BCUT2D eigenvalue weighted by molar-refractivity contribution is 8.03. The van der Waals surface area contributed by atoms with E-state index in [0.717, 1.165) is 55.7 Å². The van der Waals surface area contributed by atoms with Gasteiger partial charge in [0.05, 0.1) is 22.2 Å². The first-order valence-electron chi connectivity index (χ1n) is 17.0. The van der Waals surface area contributed by atoms with Gasteiger partial charge in [-0.15, -0.1) is 0 Å². The van der Waals surface area contributed by atoms with Gasteiger partial charge in [-0.05, 0) is 97.2 Å². The molecule has 0 radical (unpaired) electrons. The molecule has 0 fully saturated rings. The Hall–Kier alpha value is -2.94. The van der Waals surface area contributed by atoms with E-state index >= 15 is 0 Å². The molecule has 0 amide bonds. The lowest BCUT2D eigenvalue weighted by molar-refractivity contribution is -0.669. The van der Waals surface area contributed by atoms with Crippen molar-refractivity contribution < 1.29 is 30.5 Å². The van der Waals surface area contributed by atoms with Crippen LogP contribution in [0.1, 0.15) is 55.5 Å². The Labute approximate surface area is 323 Å². The van der Waals surface area contributed by atoms with E-state index in [4.69, 9.17) is 23.2 Å². The number of aryl methyl sites for hydroxylation is 1. The standard InChI is InChI=1S/C38H38Cl2N2O6S4/c39-30-15-17-34-32(25-30)41(21-4-6-23-51(43,44)45)36(49-34)19-13-28-11-8-12-29(38(28)27-9-2-1-3-10-27)14-20-37-42(22-5-7-24-52(46,47)48)33-26-31(40)16-18-35(33)50-37/h1-3,9-10,13-20,25-26H,4-8,11-12,21-24H2,(H-,43,44,45,46,47,48)/p+1. The predicted octanol–water partition coefficient (Wildman–Crippen LogP) is 9.86. The van der Waals surface area contributed by atoms with Crippen molar-refractivity contribution in [3.63, 3.8) is 0 Å². The molecule has 2 aliphatic rings. The smallest absolute Gasteiger partial charge is 0.264 e. The summed E-state index contributed by atoms with van der Waals surface area (Å²) in [5, 5.41) is 3.29. The number of nitrogens with zero attached hydrogens (tertiary/aromatic N) is 2. The fourth-order valence-corrected chi connectivity index (χ4v) is 10.2. The molecule has 3 aromatic carbocycles. The molecule has 0 saturated carbocycles. The van der Waals surface area contributed by atoms with Gasteiger partial charge in [-0.2, -0.15) is 21.4 Å². The Kier molecular flexibility index (Phi) is 12.7. The van der Waals surface area contributed by atoms with E-state index in [-0.39, 0.29) is 11.5 Å². The summed E-state index contributed by atoms with van der Waals surface area (Å²) in [7, 11) is -8.04. The Morgan fingerprint density at radius 1 is 0.808 bits per heavy atom. The third-order valence-corrected chi connectivity index (χ3v) is 13.2. The fourth-order valence-electron chi connectivity index (χ4n) is 6.54. The van der Waals surface area contributed by atoms with Crippen LogP contribution in [-0.4, -0.2) is 44.0 Å². The predicted molar refractivity (Wildman–Crippen MR) is 215 cm³/mol. The van der Waals surface area contributed by atoms with E-state index in [1.807, 2.05) is 54.6 Å². The summed E-state index contributed by atoms with van der Waals surface area (Å²) in [6, 6.07) is 22.0. The van der Waals surface area contributed by atoms with Crippen molar-refractivity contribution >= 4 is 94.1 Å². The zero-order chi connectivity index (χ0) is 36.9. The summed E-state index contributed by atoms with van der Waals surface area (Å²) >= 11 is 16.1. The van der Waals surface area contributed by atoms with Crippen LogP contribution in [0.5, 0.6) is 0 Å². The van der Waals surface area contributed by atoms with Gasteiger partial charge in [0, 0.05) is 40.0 Å². The number of thiazole rings is 1. The average molecular weight is 819 g/mol. The summed E-state index contributed by atoms with van der Waals surface area (Å²) in [5.74, 6) is -0.547. The lowest BCUT2D eigenvalue weighted by Gasteiger charge is -2.23. The average Bonchev–Trinajstić information content (AvgIpc) is 3.62. The third-order valence-electron chi connectivity index (χ3n) is 8.90. The van der Waals surface area contributed by atoms with Gasteiger partial charge < -0.3 is 4.90 Å². The van der Waals surface area contributed by atoms with E-state index in [9.17, 15) is 25.9 Å². The number of unbranched alkanes of at least 4 members (excludes halogenated alkanes) is 2. The lowest BCUT2D eigenvalue weighted by Crippen LogP contribution is -2.35. The Morgan fingerprint density at radius 2 is 1.52 bits per heavy atom. The number of allylic oxidation sites excluding steroid dienone is 6. The molecule has 6 rings (SSSR count). The van der Waals surface area contributed by atoms with Gasteiger partial charge in [-0.1, -0.05) is 88.8 Å². The second kappa shape index (κ2) is 17.0. The van der Waals surface area contributed by atoms with E-state index < -0.39 is 20.2 Å². The minimum atomic E-state index is -4.02. The van der Waals surface area contributed by atoms with Crippen LogP contribution in [0.2, 0.25) is 10.0 Å². The number of hydrogen-bond acceptors (Lipinski definition) is 7. The monoisotopic (exact) mass is 817 g/mol. The molecule has 1 aliphatic heterocycles. The Bertz CT molecular complexity index is 2300. The van der Waals surface area contributed by atoms with E-state index in [1.54, 1.807) is 23.1 Å². The van der Waals surface area contributed by atoms with Crippen molar-refractivity contribution in [2.75, 3.05) is 23.0 Å². The van der Waals surface area contributed by atoms with Crippen LogP contribution in [0.15, 0.2) is 106 Å². The van der Waals surface area contributed by atoms with Gasteiger partial charge in [0.1, 0.15) is 4.70 Å². The minimum Gasteiger partial charge on any atom is -0.335 e. The highest BCUT2D eigenvalue weighted by Gasteiger charge is 2.26. The van der Waals surface area contributed by atoms with Crippen molar-refractivity contribution in [3.8, 4) is 0 Å². The summed E-state index contributed by atoms with van der Waals surface area (Å²) in [4.78, 5) is 3.25. The number of fused-ring (bicyclic) bond motifs is 2. The maximum absolute atomic E-state index is 11.3. The van der Waals surface area contributed by atoms with E-state index in [2.05, 4.69) is 45.9 Å². The molecule has 0 atom stereocenters. The van der Waals surface area contributed by atoms with Crippen LogP contribution in [0.3, 0.4) is 0 Å². The number of aromatic nitrogens is 1. The minimum absolute atomic E-state index is 0.274. The zero-order valence-corrected chi connectivity index (χ0v) is 33.0. The molecule has 8 nitrogen and oxygen atoms in total. The molecule has 4 aromatic rings. The Morgan fingerprint density at radius 3 is 2.27 bits per heavy atom. The molecule has 0 bridgehead atoms. The SMILES string of the molecule is O=S(=O)(O)CCCCN1C(=CC=C2CCCC(C=Cc3sc4ccc(Cl)cc4[n+]3CCCCS(=O)(=O)O)=C2c2ccccc2)Sc2ccc(Cl)cc21. The van der Waals surface area contributed by atoms with Crippen LogP contribution >= 0.6 is 46.3 Å². The number of anilines is 1. The van der Waals surface area contributed by atoms with Crippen LogP contribution in [0.25, 0.3) is 21.9 Å². The molecule has 274 valence electrons. The second-order valence-corrected chi connectivity index (χ2v) is 18.8. The highest BCUT2D eigenvalue weighted by Crippen LogP contribution is 2.47. The second-order valence-electron chi connectivity index (χ2n) is 12.7. The first-order valence-corrected chi connectivity index (χ1v) is 22.6. The van der Waals surface area contributed by atoms with E-state index in [0.29, 0.717) is 48.8 Å². The normalized spacial score (nSPS) is 17.0. The molecule has 0 spiro atoms. The van der Waals surface area contributed by atoms with Crippen molar-refractivity contribution in [1.82, 2.24) is 0 Å².